The Morgan fingerprint density at radius 1 is 1.13 bits per heavy atom. The molecule has 77 valence electrons. The van der Waals surface area contributed by atoms with Gasteiger partial charge in [-0.2, -0.15) is 0 Å². The molecular formula is C13H13O2. The van der Waals surface area contributed by atoms with E-state index in [9.17, 15) is 0 Å². The number of rotatable bonds is 0. The van der Waals surface area contributed by atoms with Crippen molar-refractivity contribution in [2.45, 2.75) is 19.3 Å². The number of aryl methyl sites for hydroxylation is 1. The Hall–Kier alpha value is -1.44. The van der Waals surface area contributed by atoms with E-state index in [4.69, 9.17) is 9.47 Å². The van der Waals surface area contributed by atoms with Crippen LogP contribution in [0, 0.1) is 6.61 Å². The first-order chi connectivity index (χ1) is 7.43. The molecule has 0 saturated heterocycles. The minimum Gasteiger partial charge on any atom is -0.486 e. The summed E-state index contributed by atoms with van der Waals surface area (Å²) in [6.07, 6.45) is 7.91. The maximum atomic E-state index is 5.53. The van der Waals surface area contributed by atoms with Crippen molar-refractivity contribution in [2.75, 3.05) is 6.61 Å². The highest BCUT2D eigenvalue weighted by molar-refractivity contribution is 5.61. The van der Waals surface area contributed by atoms with Crippen molar-refractivity contribution in [1.29, 1.82) is 0 Å². The Bertz CT molecular complexity index is 407. The normalized spacial score (nSPS) is 18.1. The monoisotopic (exact) mass is 201 g/mol. The third-order valence-electron chi connectivity index (χ3n) is 2.84. The second-order valence-corrected chi connectivity index (χ2v) is 3.89. The molecule has 1 aromatic carbocycles. The summed E-state index contributed by atoms with van der Waals surface area (Å²) in [5.74, 6) is 1.72. The van der Waals surface area contributed by atoms with Gasteiger partial charge >= 0.3 is 0 Å². The maximum Gasteiger partial charge on any atom is 0.173 e. The van der Waals surface area contributed by atoms with Gasteiger partial charge in [-0.25, -0.2) is 0 Å². The van der Waals surface area contributed by atoms with E-state index >= 15 is 0 Å². The zero-order valence-corrected chi connectivity index (χ0v) is 8.53. The molecule has 1 radical (unpaired) electrons. The van der Waals surface area contributed by atoms with E-state index < -0.39 is 0 Å². The van der Waals surface area contributed by atoms with Gasteiger partial charge < -0.3 is 9.47 Å². The summed E-state index contributed by atoms with van der Waals surface area (Å²) in [7, 11) is 0. The van der Waals surface area contributed by atoms with Crippen LogP contribution in [-0.4, -0.2) is 6.61 Å². The molecule has 1 aliphatic carbocycles. The molecule has 0 unspecified atom stereocenters. The van der Waals surface area contributed by atoms with Gasteiger partial charge in [0.2, 0.25) is 0 Å². The van der Waals surface area contributed by atoms with Gasteiger partial charge in [0, 0.05) is 0 Å². The zero-order chi connectivity index (χ0) is 10.1. The number of benzene rings is 1. The summed E-state index contributed by atoms with van der Waals surface area (Å²) >= 11 is 0. The van der Waals surface area contributed by atoms with Gasteiger partial charge in [0.05, 0.1) is 0 Å². The summed E-state index contributed by atoms with van der Waals surface area (Å²) in [6, 6.07) is 4.19. The van der Waals surface area contributed by atoms with Crippen LogP contribution in [0.3, 0.4) is 0 Å². The van der Waals surface area contributed by atoms with E-state index in [1.54, 1.807) is 6.61 Å². The Morgan fingerprint density at radius 3 is 3.13 bits per heavy atom. The fraction of sp³-hybridized carbons (Fsp3) is 0.308. The number of ether oxygens (including phenoxy) is 2. The van der Waals surface area contributed by atoms with Gasteiger partial charge in [-0.05, 0) is 42.5 Å². The Kier molecular flexibility index (Phi) is 2.13. The van der Waals surface area contributed by atoms with Crippen molar-refractivity contribution < 1.29 is 9.47 Å². The highest BCUT2D eigenvalue weighted by Crippen LogP contribution is 2.35. The van der Waals surface area contributed by atoms with Crippen LogP contribution in [0.4, 0.5) is 0 Å². The van der Waals surface area contributed by atoms with Crippen LogP contribution < -0.4 is 9.47 Å². The van der Waals surface area contributed by atoms with Crippen molar-refractivity contribution in [3.8, 4) is 11.5 Å². The standard InChI is InChI=1S/C13H13O2/c1-2-4-10-8-12-13(15-7-6-14-12)9-11(10)5-3-1/h2,4,6,8-9H,1,3,5,7H2. The Morgan fingerprint density at radius 2 is 2.13 bits per heavy atom. The minimum atomic E-state index is 0.543. The van der Waals surface area contributed by atoms with Crippen molar-refractivity contribution in [3.05, 3.63) is 35.9 Å². The van der Waals surface area contributed by atoms with Crippen LogP contribution in [0.15, 0.2) is 18.2 Å². The van der Waals surface area contributed by atoms with Crippen molar-refractivity contribution in [3.63, 3.8) is 0 Å². The van der Waals surface area contributed by atoms with Gasteiger partial charge in [0.1, 0.15) is 6.61 Å². The summed E-state index contributed by atoms with van der Waals surface area (Å²) in [5, 5.41) is 0. The molecule has 0 atom stereocenters. The fourth-order valence-electron chi connectivity index (χ4n) is 2.06. The molecule has 1 aliphatic heterocycles. The second-order valence-electron chi connectivity index (χ2n) is 3.89. The SMILES string of the molecule is [CH]1COc2cc3c(cc2O1)C=CCCC3. The fourth-order valence-corrected chi connectivity index (χ4v) is 2.06. The highest BCUT2D eigenvalue weighted by atomic mass is 16.6. The molecule has 1 heterocycles. The second kappa shape index (κ2) is 3.61. The lowest BCUT2D eigenvalue weighted by molar-refractivity contribution is 0.223. The first-order valence-corrected chi connectivity index (χ1v) is 5.38. The largest absolute Gasteiger partial charge is 0.486 e. The van der Waals surface area contributed by atoms with Crippen LogP contribution in [0.2, 0.25) is 0 Å². The zero-order valence-electron chi connectivity index (χ0n) is 8.53. The van der Waals surface area contributed by atoms with Gasteiger partial charge in [-0.3, -0.25) is 0 Å². The summed E-state index contributed by atoms with van der Waals surface area (Å²) < 4.78 is 11.0. The summed E-state index contributed by atoms with van der Waals surface area (Å²) in [4.78, 5) is 0. The number of hydrogen-bond acceptors (Lipinski definition) is 2. The van der Waals surface area contributed by atoms with Gasteiger partial charge in [0.15, 0.2) is 18.1 Å². The number of allylic oxidation sites excluding steroid dienone is 1. The van der Waals surface area contributed by atoms with E-state index in [0.29, 0.717) is 6.61 Å². The lowest BCUT2D eigenvalue weighted by atomic mass is 10.0. The molecule has 0 saturated carbocycles. The average molecular weight is 201 g/mol. The van der Waals surface area contributed by atoms with E-state index in [0.717, 1.165) is 24.3 Å². The quantitative estimate of drug-likeness (QED) is 0.642. The molecule has 15 heavy (non-hydrogen) atoms. The molecular weight excluding hydrogens is 188 g/mol. The first-order valence-electron chi connectivity index (χ1n) is 5.38. The van der Waals surface area contributed by atoms with Gasteiger partial charge in [-0.15, -0.1) is 0 Å². The van der Waals surface area contributed by atoms with Crippen molar-refractivity contribution in [1.82, 2.24) is 0 Å². The predicted octanol–water partition coefficient (Wildman–Crippen LogP) is 2.97. The smallest absolute Gasteiger partial charge is 0.173 e. The Labute approximate surface area is 89.5 Å². The first kappa shape index (κ1) is 8.84. The maximum absolute atomic E-state index is 5.53. The predicted molar refractivity (Wildman–Crippen MR) is 58.8 cm³/mol. The number of fused-ring (bicyclic) bond motifs is 2. The number of hydrogen-bond donors (Lipinski definition) is 0. The van der Waals surface area contributed by atoms with E-state index in [2.05, 4.69) is 24.3 Å². The van der Waals surface area contributed by atoms with E-state index in [1.807, 2.05) is 0 Å². The van der Waals surface area contributed by atoms with E-state index in [1.165, 1.54) is 17.5 Å². The average Bonchev–Trinajstić information content (AvgIpc) is 2.50. The third-order valence-corrected chi connectivity index (χ3v) is 2.84. The third kappa shape index (κ3) is 1.60. The molecule has 0 bridgehead atoms. The van der Waals surface area contributed by atoms with Crippen LogP contribution in [0.5, 0.6) is 11.5 Å². The molecule has 1 aromatic rings. The molecule has 3 rings (SSSR count). The van der Waals surface area contributed by atoms with E-state index in [-0.39, 0.29) is 0 Å². The molecule has 0 N–H and O–H groups in total. The Balaban J connectivity index is 2.08. The molecule has 2 heteroatoms. The van der Waals surface area contributed by atoms with Crippen molar-refractivity contribution in [2.24, 2.45) is 0 Å². The molecule has 0 fully saturated rings. The minimum absolute atomic E-state index is 0.543. The van der Waals surface area contributed by atoms with Crippen molar-refractivity contribution >= 4 is 6.08 Å². The van der Waals surface area contributed by atoms with Gasteiger partial charge in [-0.1, -0.05) is 12.2 Å². The molecule has 0 amide bonds. The van der Waals surface area contributed by atoms with Gasteiger partial charge in [0.25, 0.3) is 0 Å². The van der Waals surface area contributed by atoms with Crippen LogP contribution in [-0.2, 0) is 6.42 Å². The molecule has 2 nitrogen and oxygen atoms in total. The van der Waals surface area contributed by atoms with Crippen LogP contribution in [0.1, 0.15) is 24.0 Å². The summed E-state index contributed by atoms with van der Waals surface area (Å²) in [5.41, 5.74) is 2.64. The molecule has 0 spiro atoms. The lowest BCUT2D eigenvalue weighted by Crippen LogP contribution is -2.10. The topological polar surface area (TPSA) is 18.5 Å². The van der Waals surface area contributed by atoms with Crippen LogP contribution >= 0.6 is 0 Å². The molecule has 2 aliphatic rings. The lowest BCUT2D eigenvalue weighted by Gasteiger charge is -2.19. The molecule has 0 aromatic heterocycles. The summed E-state index contributed by atoms with van der Waals surface area (Å²) in [6.45, 7) is 2.23. The van der Waals surface area contributed by atoms with Crippen LogP contribution in [0.25, 0.3) is 6.08 Å². The highest BCUT2D eigenvalue weighted by Gasteiger charge is 2.15.